The standard InChI is InChI=1S/C13H19F3N4OS/c1-12(2,20-5-7-22(21)8-6-20)9-18-11-17-4-3-10(19-11)13(14,15)16/h3-4H,5-9H2,1-2H3,(H,17,18,19). The van der Waals surface area contributed by atoms with E-state index in [1.807, 2.05) is 13.8 Å². The van der Waals surface area contributed by atoms with Crippen LogP contribution in [0, 0.1) is 0 Å². The molecule has 0 aliphatic carbocycles. The second-order valence-corrected chi connectivity index (χ2v) is 7.46. The first-order valence-corrected chi connectivity index (χ1v) is 8.41. The second kappa shape index (κ2) is 6.49. The van der Waals surface area contributed by atoms with Crippen LogP contribution in [0.4, 0.5) is 19.1 Å². The van der Waals surface area contributed by atoms with Gasteiger partial charge in [-0.1, -0.05) is 0 Å². The van der Waals surface area contributed by atoms with Crippen molar-refractivity contribution in [2.75, 3.05) is 36.5 Å². The third kappa shape index (κ3) is 4.39. The Morgan fingerprint density at radius 1 is 1.32 bits per heavy atom. The van der Waals surface area contributed by atoms with Crippen molar-refractivity contribution in [3.05, 3.63) is 18.0 Å². The summed E-state index contributed by atoms with van der Waals surface area (Å²) in [6.45, 7) is 5.81. The van der Waals surface area contributed by atoms with E-state index in [1.54, 1.807) is 0 Å². The smallest absolute Gasteiger partial charge is 0.352 e. The van der Waals surface area contributed by atoms with E-state index in [0.29, 0.717) is 31.1 Å². The summed E-state index contributed by atoms with van der Waals surface area (Å²) < 4.78 is 49.2. The molecule has 1 fully saturated rings. The van der Waals surface area contributed by atoms with Crippen LogP contribution < -0.4 is 5.32 Å². The van der Waals surface area contributed by atoms with Gasteiger partial charge in [-0.3, -0.25) is 9.11 Å². The molecule has 1 aliphatic rings. The number of hydrogen-bond acceptors (Lipinski definition) is 5. The van der Waals surface area contributed by atoms with Gasteiger partial charge in [0.25, 0.3) is 0 Å². The average Bonchev–Trinajstić information content (AvgIpc) is 2.45. The Bertz CT molecular complexity index is 540. The molecule has 1 aliphatic heterocycles. The lowest BCUT2D eigenvalue weighted by Crippen LogP contribution is -2.53. The van der Waals surface area contributed by atoms with Crippen molar-refractivity contribution in [2.24, 2.45) is 0 Å². The molecule has 22 heavy (non-hydrogen) atoms. The van der Waals surface area contributed by atoms with Gasteiger partial charge in [-0.15, -0.1) is 0 Å². The van der Waals surface area contributed by atoms with Gasteiger partial charge >= 0.3 is 6.18 Å². The molecule has 124 valence electrons. The van der Waals surface area contributed by atoms with Crippen molar-refractivity contribution in [3.63, 3.8) is 0 Å². The lowest BCUT2D eigenvalue weighted by atomic mass is 10.0. The maximum absolute atomic E-state index is 12.6. The van der Waals surface area contributed by atoms with Crippen LogP contribution in [0.15, 0.2) is 12.3 Å². The first kappa shape index (κ1) is 17.1. The molecule has 0 amide bonds. The fraction of sp³-hybridized carbons (Fsp3) is 0.692. The van der Waals surface area contributed by atoms with Gasteiger partial charge < -0.3 is 5.32 Å². The van der Waals surface area contributed by atoms with Gasteiger partial charge in [0.05, 0.1) is 0 Å². The van der Waals surface area contributed by atoms with Crippen LogP contribution in [0.3, 0.4) is 0 Å². The molecular weight excluding hydrogens is 317 g/mol. The monoisotopic (exact) mass is 336 g/mol. The Morgan fingerprint density at radius 3 is 2.55 bits per heavy atom. The molecule has 0 atom stereocenters. The summed E-state index contributed by atoms with van der Waals surface area (Å²) in [7, 11) is -0.760. The van der Waals surface area contributed by atoms with Crippen molar-refractivity contribution < 1.29 is 17.4 Å². The van der Waals surface area contributed by atoms with Crippen LogP contribution >= 0.6 is 0 Å². The van der Waals surface area contributed by atoms with E-state index in [2.05, 4.69) is 20.2 Å². The van der Waals surface area contributed by atoms with Crippen LogP contribution in [0.5, 0.6) is 0 Å². The van der Waals surface area contributed by atoms with Gasteiger partial charge in [0, 0.05) is 53.7 Å². The third-order valence-corrected chi connectivity index (χ3v) is 4.93. The molecule has 1 N–H and O–H groups in total. The largest absolute Gasteiger partial charge is 0.433 e. The Kier molecular flexibility index (Phi) is 5.06. The molecular formula is C13H19F3N4OS. The maximum atomic E-state index is 12.6. The summed E-state index contributed by atoms with van der Waals surface area (Å²) in [4.78, 5) is 9.49. The zero-order valence-corrected chi connectivity index (χ0v) is 13.3. The van der Waals surface area contributed by atoms with Crippen molar-refractivity contribution in [1.82, 2.24) is 14.9 Å². The van der Waals surface area contributed by atoms with E-state index in [0.717, 1.165) is 12.3 Å². The molecule has 0 unspecified atom stereocenters. The normalized spacial score (nSPS) is 18.4. The summed E-state index contributed by atoms with van der Waals surface area (Å²) in [5, 5.41) is 2.87. The third-order valence-electron chi connectivity index (χ3n) is 3.66. The average molecular weight is 336 g/mol. The van der Waals surface area contributed by atoms with E-state index < -0.39 is 22.7 Å². The van der Waals surface area contributed by atoms with E-state index in [4.69, 9.17) is 0 Å². The van der Waals surface area contributed by atoms with Gasteiger partial charge in [0.1, 0.15) is 5.69 Å². The van der Waals surface area contributed by atoms with Gasteiger partial charge in [-0.05, 0) is 19.9 Å². The molecule has 0 radical (unpaired) electrons. The van der Waals surface area contributed by atoms with Crippen molar-refractivity contribution in [1.29, 1.82) is 0 Å². The molecule has 5 nitrogen and oxygen atoms in total. The minimum absolute atomic E-state index is 0.0384. The molecule has 0 spiro atoms. The molecule has 0 saturated carbocycles. The van der Waals surface area contributed by atoms with E-state index in [1.165, 1.54) is 0 Å². The maximum Gasteiger partial charge on any atom is 0.433 e. The number of alkyl halides is 3. The highest BCUT2D eigenvalue weighted by Crippen LogP contribution is 2.27. The lowest BCUT2D eigenvalue weighted by Gasteiger charge is -2.40. The minimum Gasteiger partial charge on any atom is -0.352 e. The van der Waals surface area contributed by atoms with Crippen LogP contribution in [-0.2, 0) is 17.0 Å². The predicted octanol–water partition coefficient (Wildman–Crippen LogP) is 1.75. The fourth-order valence-corrected chi connectivity index (χ4v) is 3.30. The summed E-state index contributed by atoms with van der Waals surface area (Å²) in [6, 6.07) is 0.844. The minimum atomic E-state index is -4.48. The van der Waals surface area contributed by atoms with Crippen molar-refractivity contribution >= 4 is 16.7 Å². The summed E-state index contributed by atoms with van der Waals surface area (Å²) in [5.41, 5.74) is -1.25. The summed E-state index contributed by atoms with van der Waals surface area (Å²) in [5.74, 6) is 1.22. The predicted molar refractivity (Wildman–Crippen MR) is 79.1 cm³/mol. The van der Waals surface area contributed by atoms with E-state index in [9.17, 15) is 17.4 Å². The van der Waals surface area contributed by atoms with Crippen molar-refractivity contribution in [3.8, 4) is 0 Å². The fourth-order valence-electron chi connectivity index (χ4n) is 2.25. The molecule has 0 bridgehead atoms. The van der Waals surface area contributed by atoms with E-state index in [-0.39, 0.29) is 11.5 Å². The number of hydrogen-bond donors (Lipinski definition) is 1. The molecule has 1 aromatic heterocycles. The molecule has 0 aromatic carbocycles. The molecule has 2 rings (SSSR count). The van der Waals surface area contributed by atoms with Gasteiger partial charge in [0.2, 0.25) is 5.95 Å². The highest BCUT2D eigenvalue weighted by atomic mass is 32.2. The van der Waals surface area contributed by atoms with Gasteiger partial charge in [-0.2, -0.15) is 13.2 Å². The Hall–Kier alpha value is -1.22. The van der Waals surface area contributed by atoms with Crippen LogP contribution in [-0.4, -0.2) is 55.8 Å². The first-order chi connectivity index (χ1) is 10.2. The number of nitrogens with zero attached hydrogens (tertiary/aromatic N) is 3. The quantitative estimate of drug-likeness (QED) is 0.908. The Labute approximate surface area is 129 Å². The highest BCUT2D eigenvalue weighted by Gasteiger charge is 2.33. The zero-order valence-electron chi connectivity index (χ0n) is 12.5. The van der Waals surface area contributed by atoms with Crippen LogP contribution in [0.1, 0.15) is 19.5 Å². The topological polar surface area (TPSA) is 58.1 Å². The lowest BCUT2D eigenvalue weighted by molar-refractivity contribution is -0.141. The van der Waals surface area contributed by atoms with E-state index >= 15 is 0 Å². The molecule has 2 heterocycles. The number of rotatable bonds is 4. The zero-order chi connectivity index (χ0) is 16.4. The number of nitrogens with one attached hydrogen (secondary N) is 1. The Morgan fingerprint density at radius 2 is 1.95 bits per heavy atom. The number of halogens is 3. The number of aromatic nitrogens is 2. The van der Waals surface area contributed by atoms with Crippen LogP contribution in [0.2, 0.25) is 0 Å². The van der Waals surface area contributed by atoms with Crippen LogP contribution in [0.25, 0.3) is 0 Å². The molecule has 1 aromatic rings. The summed E-state index contributed by atoms with van der Waals surface area (Å²) >= 11 is 0. The van der Waals surface area contributed by atoms with Gasteiger partial charge in [0.15, 0.2) is 0 Å². The summed E-state index contributed by atoms with van der Waals surface area (Å²) in [6.07, 6.45) is -3.39. The SMILES string of the molecule is CC(C)(CNc1nccc(C(F)(F)F)n1)N1CCS(=O)CC1. The van der Waals surface area contributed by atoms with Gasteiger partial charge in [-0.25, -0.2) is 9.97 Å². The molecule has 1 saturated heterocycles. The second-order valence-electron chi connectivity index (χ2n) is 5.76. The molecule has 9 heteroatoms. The number of anilines is 1. The Balaban J connectivity index is 1.98. The highest BCUT2D eigenvalue weighted by molar-refractivity contribution is 7.85. The first-order valence-electron chi connectivity index (χ1n) is 6.93. The van der Waals surface area contributed by atoms with Crippen molar-refractivity contribution in [2.45, 2.75) is 25.6 Å².